The summed E-state index contributed by atoms with van der Waals surface area (Å²) >= 11 is 0. The fourth-order valence-corrected chi connectivity index (χ4v) is 1.99. The summed E-state index contributed by atoms with van der Waals surface area (Å²) in [5.74, 6) is 0. The number of rotatable bonds is 5. The maximum atomic E-state index is 8.14. The van der Waals surface area contributed by atoms with E-state index in [1.807, 2.05) is 0 Å². The Bertz CT molecular complexity index is 226. The summed E-state index contributed by atoms with van der Waals surface area (Å²) in [5, 5.41) is 3.55. The van der Waals surface area contributed by atoms with Gasteiger partial charge in [0, 0.05) is 24.5 Å². The van der Waals surface area contributed by atoms with E-state index in [0.29, 0.717) is 6.54 Å². The van der Waals surface area contributed by atoms with E-state index >= 15 is 0 Å². The van der Waals surface area contributed by atoms with E-state index in [4.69, 9.17) is 5.53 Å². The molecule has 0 radical (unpaired) electrons. The molecule has 1 fully saturated rings. The molecule has 0 aromatic carbocycles. The lowest BCUT2D eigenvalue weighted by molar-refractivity contribution is -0.913. The number of azide groups is 1. The molecule has 0 saturated carbocycles. The molecule has 0 aromatic rings. The molecule has 0 aliphatic carbocycles. The maximum absolute atomic E-state index is 8.14. The molecule has 86 valence electrons. The molecule has 1 aliphatic rings. The Labute approximate surface area is 91.9 Å². The Morgan fingerprint density at radius 1 is 1.33 bits per heavy atom. The number of hydrogen-bond donors (Lipinski definition) is 0. The molecule has 0 unspecified atom stereocenters. The van der Waals surface area contributed by atoms with Crippen LogP contribution >= 0.6 is 0 Å². The zero-order valence-electron chi connectivity index (χ0n) is 9.89. The van der Waals surface area contributed by atoms with Gasteiger partial charge in [0.1, 0.15) is 0 Å². The third kappa shape index (κ3) is 4.51. The lowest BCUT2D eigenvalue weighted by atomic mass is 10.2. The smallest absolute Gasteiger partial charge is 0.0914 e. The van der Waals surface area contributed by atoms with Crippen molar-refractivity contribution in [2.75, 3.05) is 53.4 Å². The number of unbranched alkanes of at least 4 members (excludes halogenated alkanes) is 1. The molecular formula is C10H22N5+. The first-order valence-corrected chi connectivity index (χ1v) is 5.69. The van der Waals surface area contributed by atoms with Crippen molar-refractivity contribution in [2.24, 2.45) is 5.11 Å². The van der Waals surface area contributed by atoms with Gasteiger partial charge in [0.25, 0.3) is 0 Å². The molecular weight excluding hydrogens is 190 g/mol. The molecule has 15 heavy (non-hydrogen) atoms. The summed E-state index contributed by atoms with van der Waals surface area (Å²) in [6, 6.07) is 0. The van der Waals surface area contributed by atoms with Gasteiger partial charge in [-0.15, -0.1) is 0 Å². The van der Waals surface area contributed by atoms with Gasteiger partial charge in [-0.3, -0.25) is 4.90 Å². The number of hydrogen-bond acceptors (Lipinski definition) is 2. The summed E-state index contributed by atoms with van der Waals surface area (Å²) in [6.45, 7) is 6.76. The zero-order chi connectivity index (χ0) is 11.1. The van der Waals surface area contributed by atoms with Crippen molar-refractivity contribution in [1.29, 1.82) is 0 Å². The highest BCUT2D eigenvalue weighted by Gasteiger charge is 2.25. The number of likely N-dealkylation sites (N-methyl/N-ethyl adjacent to an activating group) is 2. The predicted molar refractivity (Wildman–Crippen MR) is 61.5 cm³/mol. The molecule has 1 heterocycles. The molecule has 0 aromatic heterocycles. The quantitative estimate of drug-likeness (QED) is 0.224. The highest BCUT2D eigenvalue weighted by molar-refractivity contribution is 4.58. The van der Waals surface area contributed by atoms with E-state index in [1.54, 1.807) is 0 Å². The van der Waals surface area contributed by atoms with Gasteiger partial charge in [0.05, 0.1) is 26.7 Å². The first kappa shape index (κ1) is 12.3. The molecule has 5 heteroatoms. The number of piperazine rings is 1. The molecule has 0 N–H and O–H groups in total. The first-order valence-electron chi connectivity index (χ1n) is 5.69. The number of nitrogens with zero attached hydrogens (tertiary/aromatic N) is 5. The molecule has 1 aliphatic heterocycles. The van der Waals surface area contributed by atoms with Gasteiger partial charge >= 0.3 is 0 Å². The fraction of sp³-hybridized carbons (Fsp3) is 1.00. The molecule has 0 bridgehead atoms. The summed E-state index contributed by atoms with van der Waals surface area (Å²) in [7, 11) is 4.52. The van der Waals surface area contributed by atoms with Crippen LogP contribution in [0.1, 0.15) is 12.8 Å². The molecule has 5 nitrogen and oxygen atoms in total. The Hall–Kier alpha value is -0.770. The van der Waals surface area contributed by atoms with Gasteiger partial charge in [-0.2, -0.15) is 0 Å². The molecule has 1 rings (SSSR count). The van der Waals surface area contributed by atoms with Gasteiger partial charge in [0.15, 0.2) is 0 Å². The largest absolute Gasteiger partial charge is 0.324 e. The van der Waals surface area contributed by atoms with Gasteiger partial charge < -0.3 is 4.48 Å². The lowest BCUT2D eigenvalue weighted by Gasteiger charge is -2.41. The standard InChI is InChI=1S/C10H22N5/c1-14-6-9-15(2,10-7-14)8-4-3-5-12-13-11/h3-10H2,1-2H3/q+1. The van der Waals surface area contributed by atoms with E-state index in [-0.39, 0.29) is 0 Å². The highest BCUT2D eigenvalue weighted by Crippen LogP contribution is 2.10. The van der Waals surface area contributed by atoms with E-state index in [1.165, 1.54) is 43.6 Å². The molecule has 0 spiro atoms. The van der Waals surface area contributed by atoms with Crippen molar-refractivity contribution < 1.29 is 4.48 Å². The van der Waals surface area contributed by atoms with Crippen molar-refractivity contribution >= 4 is 0 Å². The van der Waals surface area contributed by atoms with Crippen molar-refractivity contribution in [3.05, 3.63) is 10.4 Å². The van der Waals surface area contributed by atoms with Crippen molar-refractivity contribution in [2.45, 2.75) is 12.8 Å². The van der Waals surface area contributed by atoms with Crippen LogP contribution in [-0.4, -0.2) is 62.7 Å². The van der Waals surface area contributed by atoms with Crippen LogP contribution in [0.3, 0.4) is 0 Å². The monoisotopic (exact) mass is 212 g/mol. The molecule has 0 amide bonds. The van der Waals surface area contributed by atoms with Crippen LogP contribution in [0.15, 0.2) is 5.11 Å². The van der Waals surface area contributed by atoms with E-state index in [9.17, 15) is 0 Å². The van der Waals surface area contributed by atoms with Crippen molar-refractivity contribution in [1.82, 2.24) is 4.90 Å². The third-order valence-electron chi connectivity index (χ3n) is 3.31. The molecule has 0 atom stereocenters. The van der Waals surface area contributed by atoms with Crippen LogP contribution in [0, 0.1) is 0 Å². The second kappa shape index (κ2) is 5.95. The van der Waals surface area contributed by atoms with Gasteiger partial charge in [-0.05, 0) is 25.4 Å². The summed E-state index contributed by atoms with van der Waals surface area (Å²) in [6.07, 6.45) is 2.19. The van der Waals surface area contributed by atoms with E-state index in [0.717, 1.165) is 6.42 Å². The topological polar surface area (TPSA) is 52.0 Å². The Morgan fingerprint density at radius 2 is 2.00 bits per heavy atom. The predicted octanol–water partition coefficient (Wildman–Crippen LogP) is 1.47. The van der Waals surface area contributed by atoms with Crippen LogP contribution in [0.5, 0.6) is 0 Å². The van der Waals surface area contributed by atoms with E-state index < -0.39 is 0 Å². The average molecular weight is 212 g/mol. The Morgan fingerprint density at radius 3 is 2.60 bits per heavy atom. The fourth-order valence-electron chi connectivity index (χ4n) is 1.99. The van der Waals surface area contributed by atoms with Gasteiger partial charge in [-0.1, -0.05) is 5.11 Å². The van der Waals surface area contributed by atoms with Gasteiger partial charge in [0.2, 0.25) is 0 Å². The maximum Gasteiger partial charge on any atom is 0.0914 e. The lowest BCUT2D eigenvalue weighted by Crippen LogP contribution is -2.56. The number of quaternary nitrogens is 1. The summed E-state index contributed by atoms with van der Waals surface area (Å²) < 4.78 is 1.18. The average Bonchev–Trinajstić information content (AvgIpc) is 2.23. The first-order chi connectivity index (χ1) is 7.16. The third-order valence-corrected chi connectivity index (χ3v) is 3.31. The minimum absolute atomic E-state index is 0.649. The van der Waals surface area contributed by atoms with Crippen molar-refractivity contribution in [3.63, 3.8) is 0 Å². The van der Waals surface area contributed by atoms with E-state index in [2.05, 4.69) is 29.0 Å². The summed E-state index contributed by atoms with van der Waals surface area (Å²) in [5.41, 5.74) is 8.14. The highest BCUT2D eigenvalue weighted by atomic mass is 15.4. The Kier molecular flexibility index (Phi) is 4.88. The van der Waals surface area contributed by atoms with Crippen molar-refractivity contribution in [3.8, 4) is 0 Å². The second-order valence-electron chi connectivity index (χ2n) is 4.76. The normalized spacial score (nSPS) is 20.9. The minimum Gasteiger partial charge on any atom is -0.324 e. The van der Waals surface area contributed by atoms with Crippen LogP contribution < -0.4 is 0 Å². The Balaban J connectivity index is 2.16. The van der Waals surface area contributed by atoms with Gasteiger partial charge in [-0.25, -0.2) is 0 Å². The van der Waals surface area contributed by atoms with Crippen LogP contribution in [-0.2, 0) is 0 Å². The minimum atomic E-state index is 0.649. The second-order valence-corrected chi connectivity index (χ2v) is 4.76. The molecule has 1 saturated heterocycles. The van der Waals surface area contributed by atoms with Crippen LogP contribution in [0.4, 0.5) is 0 Å². The SMILES string of the molecule is CN1CC[N+](C)(CCCCN=[N+]=[N-])CC1. The summed E-state index contributed by atoms with van der Waals surface area (Å²) in [4.78, 5) is 5.15. The van der Waals surface area contributed by atoms with Crippen LogP contribution in [0.2, 0.25) is 0 Å². The zero-order valence-corrected chi connectivity index (χ0v) is 9.89. The van der Waals surface area contributed by atoms with Crippen LogP contribution in [0.25, 0.3) is 10.4 Å².